The highest BCUT2D eigenvalue weighted by molar-refractivity contribution is 5.46. The summed E-state index contributed by atoms with van der Waals surface area (Å²) in [5.41, 5.74) is 1.23. The first-order valence-electron chi connectivity index (χ1n) is 7.09. The second kappa shape index (κ2) is 6.69. The van der Waals surface area contributed by atoms with Gasteiger partial charge in [0.15, 0.2) is 0 Å². The molecule has 1 aromatic rings. The molecule has 4 heteroatoms. The van der Waals surface area contributed by atoms with Gasteiger partial charge in [-0.25, -0.2) is 9.97 Å². The molecule has 2 rings (SSSR count). The molecule has 0 atom stereocenters. The predicted octanol–water partition coefficient (Wildman–Crippen LogP) is 2.27. The average Bonchev–Trinajstić information content (AvgIpc) is 2.66. The molecule has 1 aliphatic rings. The van der Waals surface area contributed by atoms with E-state index in [9.17, 15) is 0 Å². The van der Waals surface area contributed by atoms with Crippen molar-refractivity contribution in [2.24, 2.45) is 0 Å². The van der Waals surface area contributed by atoms with Crippen molar-refractivity contribution in [2.75, 3.05) is 24.5 Å². The smallest absolute Gasteiger partial charge is 0.136 e. The van der Waals surface area contributed by atoms with Gasteiger partial charge in [0.2, 0.25) is 0 Å². The Morgan fingerprint density at radius 3 is 2.61 bits per heavy atom. The summed E-state index contributed by atoms with van der Waals surface area (Å²) >= 11 is 0. The molecule has 1 aliphatic heterocycles. The molecule has 18 heavy (non-hydrogen) atoms. The molecule has 1 saturated heterocycles. The molecule has 1 aromatic heterocycles. The van der Waals surface area contributed by atoms with E-state index in [1.165, 1.54) is 31.2 Å². The van der Waals surface area contributed by atoms with Crippen LogP contribution >= 0.6 is 0 Å². The van der Waals surface area contributed by atoms with Gasteiger partial charge in [-0.2, -0.15) is 0 Å². The molecule has 4 nitrogen and oxygen atoms in total. The third-order valence-electron chi connectivity index (χ3n) is 3.43. The van der Waals surface area contributed by atoms with Gasteiger partial charge >= 0.3 is 0 Å². The van der Waals surface area contributed by atoms with E-state index in [4.69, 9.17) is 0 Å². The lowest BCUT2D eigenvalue weighted by atomic mass is 10.2. The first-order valence-corrected chi connectivity index (χ1v) is 7.09. The Morgan fingerprint density at radius 1 is 1.22 bits per heavy atom. The lowest BCUT2D eigenvalue weighted by Gasteiger charge is -2.24. The summed E-state index contributed by atoms with van der Waals surface area (Å²) in [5.74, 6) is 2.01. The van der Waals surface area contributed by atoms with E-state index >= 15 is 0 Å². The zero-order valence-electron chi connectivity index (χ0n) is 11.6. The first kappa shape index (κ1) is 13.3. The van der Waals surface area contributed by atoms with Crippen LogP contribution in [0.15, 0.2) is 6.20 Å². The minimum absolute atomic E-state index is 0.864. The third kappa shape index (κ3) is 3.42. The summed E-state index contributed by atoms with van der Waals surface area (Å²) in [7, 11) is 0. The van der Waals surface area contributed by atoms with Crippen LogP contribution in [-0.2, 0) is 6.54 Å². The SMILES string of the molecule is CCNCc1cnc(C)nc1N1CCCCCC1. The molecule has 1 N–H and O–H groups in total. The minimum atomic E-state index is 0.864. The van der Waals surface area contributed by atoms with Crippen LogP contribution in [0.1, 0.15) is 44.0 Å². The van der Waals surface area contributed by atoms with Crippen LogP contribution in [0.3, 0.4) is 0 Å². The number of nitrogens with zero attached hydrogens (tertiary/aromatic N) is 3. The lowest BCUT2D eigenvalue weighted by Crippen LogP contribution is -2.28. The standard InChI is InChI=1S/C14H24N4/c1-3-15-10-13-11-16-12(2)17-14(13)18-8-6-4-5-7-9-18/h11,15H,3-10H2,1-2H3. The number of nitrogens with one attached hydrogen (secondary N) is 1. The summed E-state index contributed by atoms with van der Waals surface area (Å²) in [6.07, 6.45) is 7.24. The van der Waals surface area contributed by atoms with Gasteiger partial charge < -0.3 is 10.2 Å². The Balaban J connectivity index is 2.19. The highest BCUT2D eigenvalue weighted by Gasteiger charge is 2.15. The van der Waals surface area contributed by atoms with Gasteiger partial charge in [0.1, 0.15) is 11.6 Å². The summed E-state index contributed by atoms with van der Waals surface area (Å²) in [6, 6.07) is 0. The molecule has 0 unspecified atom stereocenters. The van der Waals surface area contributed by atoms with Crippen LogP contribution < -0.4 is 10.2 Å². The molecule has 1 fully saturated rings. The fourth-order valence-electron chi connectivity index (χ4n) is 2.42. The van der Waals surface area contributed by atoms with E-state index in [1.807, 2.05) is 13.1 Å². The molecular weight excluding hydrogens is 224 g/mol. The number of hydrogen-bond acceptors (Lipinski definition) is 4. The van der Waals surface area contributed by atoms with E-state index in [2.05, 4.69) is 27.1 Å². The summed E-state index contributed by atoms with van der Waals surface area (Å²) < 4.78 is 0. The van der Waals surface area contributed by atoms with Gasteiger partial charge in [0.05, 0.1) is 0 Å². The number of anilines is 1. The maximum Gasteiger partial charge on any atom is 0.136 e. The Hall–Kier alpha value is -1.16. The van der Waals surface area contributed by atoms with Gasteiger partial charge in [-0.15, -0.1) is 0 Å². The Labute approximate surface area is 110 Å². The minimum Gasteiger partial charge on any atom is -0.356 e. The molecule has 0 aromatic carbocycles. The number of hydrogen-bond donors (Lipinski definition) is 1. The molecule has 0 spiro atoms. The normalized spacial score (nSPS) is 16.7. The molecule has 0 saturated carbocycles. The van der Waals surface area contributed by atoms with E-state index < -0.39 is 0 Å². The van der Waals surface area contributed by atoms with Crippen molar-refractivity contribution in [1.82, 2.24) is 15.3 Å². The van der Waals surface area contributed by atoms with Crippen LogP contribution in [-0.4, -0.2) is 29.6 Å². The van der Waals surface area contributed by atoms with Gasteiger partial charge in [0, 0.05) is 31.4 Å². The summed E-state index contributed by atoms with van der Waals surface area (Å²) in [6.45, 7) is 8.21. The highest BCUT2D eigenvalue weighted by atomic mass is 15.2. The van der Waals surface area contributed by atoms with Crippen molar-refractivity contribution in [3.05, 3.63) is 17.6 Å². The molecular formula is C14H24N4. The van der Waals surface area contributed by atoms with Gasteiger partial charge in [-0.3, -0.25) is 0 Å². The lowest BCUT2D eigenvalue weighted by molar-refractivity contribution is 0.703. The van der Waals surface area contributed by atoms with E-state index in [0.717, 1.165) is 37.8 Å². The number of rotatable bonds is 4. The average molecular weight is 248 g/mol. The second-order valence-corrected chi connectivity index (χ2v) is 4.95. The Kier molecular flexibility index (Phi) is 4.93. The highest BCUT2D eigenvalue weighted by Crippen LogP contribution is 2.21. The quantitative estimate of drug-likeness (QED) is 0.887. The van der Waals surface area contributed by atoms with Crippen molar-refractivity contribution in [1.29, 1.82) is 0 Å². The largest absolute Gasteiger partial charge is 0.356 e. The van der Waals surface area contributed by atoms with Crippen molar-refractivity contribution in [3.63, 3.8) is 0 Å². The Bertz CT molecular complexity index is 370. The monoisotopic (exact) mass is 248 g/mol. The second-order valence-electron chi connectivity index (χ2n) is 4.95. The fourth-order valence-corrected chi connectivity index (χ4v) is 2.42. The van der Waals surface area contributed by atoms with Gasteiger partial charge in [-0.05, 0) is 26.3 Å². The van der Waals surface area contributed by atoms with Crippen LogP contribution in [0.25, 0.3) is 0 Å². The van der Waals surface area contributed by atoms with Gasteiger partial charge in [0.25, 0.3) is 0 Å². The topological polar surface area (TPSA) is 41.1 Å². The van der Waals surface area contributed by atoms with Crippen LogP contribution in [0.5, 0.6) is 0 Å². The van der Waals surface area contributed by atoms with Crippen LogP contribution in [0.4, 0.5) is 5.82 Å². The Morgan fingerprint density at radius 2 is 1.94 bits per heavy atom. The van der Waals surface area contributed by atoms with E-state index in [0.29, 0.717) is 0 Å². The zero-order chi connectivity index (χ0) is 12.8. The van der Waals surface area contributed by atoms with E-state index in [1.54, 1.807) is 0 Å². The number of aryl methyl sites for hydroxylation is 1. The summed E-state index contributed by atoms with van der Waals surface area (Å²) in [4.78, 5) is 11.4. The summed E-state index contributed by atoms with van der Waals surface area (Å²) in [5, 5.41) is 3.37. The number of aromatic nitrogens is 2. The molecule has 0 aliphatic carbocycles. The van der Waals surface area contributed by atoms with Crippen molar-refractivity contribution >= 4 is 5.82 Å². The fraction of sp³-hybridized carbons (Fsp3) is 0.714. The molecule has 0 amide bonds. The zero-order valence-corrected chi connectivity index (χ0v) is 11.6. The van der Waals surface area contributed by atoms with Crippen molar-refractivity contribution < 1.29 is 0 Å². The molecule has 100 valence electrons. The molecule has 0 radical (unpaired) electrons. The van der Waals surface area contributed by atoms with Crippen LogP contribution in [0.2, 0.25) is 0 Å². The maximum atomic E-state index is 4.67. The van der Waals surface area contributed by atoms with Crippen molar-refractivity contribution in [3.8, 4) is 0 Å². The molecule has 2 heterocycles. The third-order valence-corrected chi connectivity index (χ3v) is 3.43. The van der Waals surface area contributed by atoms with E-state index in [-0.39, 0.29) is 0 Å². The molecule has 0 bridgehead atoms. The van der Waals surface area contributed by atoms with Gasteiger partial charge in [-0.1, -0.05) is 19.8 Å². The maximum absolute atomic E-state index is 4.67. The van der Waals surface area contributed by atoms with Crippen LogP contribution in [0, 0.1) is 6.92 Å². The predicted molar refractivity (Wildman–Crippen MR) is 74.8 cm³/mol. The van der Waals surface area contributed by atoms with Crippen molar-refractivity contribution in [2.45, 2.75) is 46.1 Å². The first-order chi connectivity index (χ1) is 8.81.